The Morgan fingerprint density at radius 2 is 1.79 bits per heavy atom. The molecule has 128 valence electrons. The quantitative estimate of drug-likeness (QED) is 0.794. The number of amides is 2. The highest BCUT2D eigenvalue weighted by Crippen LogP contribution is 2.31. The molecule has 1 aliphatic heterocycles. The van der Waals surface area contributed by atoms with Gasteiger partial charge in [-0.25, -0.2) is 0 Å². The third-order valence-electron chi connectivity index (χ3n) is 4.94. The number of fused-ring (bicyclic) bond motifs is 1. The average molecular weight is 330 g/mol. The summed E-state index contributed by atoms with van der Waals surface area (Å²) in [5.41, 5.74) is 2.58. The maximum Gasteiger partial charge on any atom is 0.306 e. The Balaban J connectivity index is 1.62. The third kappa shape index (κ3) is 3.75. The first-order valence-corrected chi connectivity index (χ1v) is 8.49. The normalized spacial score (nSPS) is 23.6. The lowest BCUT2D eigenvalue weighted by Crippen LogP contribution is -2.29. The number of carbonyl (C=O) groups excluding carboxylic acids is 2. The van der Waals surface area contributed by atoms with Crippen LogP contribution < -0.4 is 10.6 Å². The van der Waals surface area contributed by atoms with Crippen LogP contribution in [0.5, 0.6) is 0 Å². The zero-order valence-corrected chi connectivity index (χ0v) is 13.5. The lowest BCUT2D eigenvalue weighted by atomic mass is 9.81. The molecule has 6 nitrogen and oxygen atoms in total. The van der Waals surface area contributed by atoms with Crippen LogP contribution in [-0.2, 0) is 20.8 Å². The van der Waals surface area contributed by atoms with Crippen LogP contribution in [0.3, 0.4) is 0 Å². The van der Waals surface area contributed by atoms with Gasteiger partial charge in [0.05, 0.1) is 5.92 Å². The number of anilines is 2. The van der Waals surface area contributed by atoms with Crippen molar-refractivity contribution in [1.29, 1.82) is 0 Å². The van der Waals surface area contributed by atoms with Crippen molar-refractivity contribution < 1.29 is 19.5 Å². The molecular weight excluding hydrogens is 308 g/mol. The first-order valence-electron chi connectivity index (χ1n) is 8.49. The zero-order valence-electron chi connectivity index (χ0n) is 13.5. The molecule has 1 aromatic rings. The molecule has 0 aromatic heterocycles. The van der Waals surface area contributed by atoms with Gasteiger partial charge in [0.25, 0.3) is 0 Å². The van der Waals surface area contributed by atoms with E-state index >= 15 is 0 Å². The molecule has 0 saturated heterocycles. The maximum absolute atomic E-state index is 12.4. The summed E-state index contributed by atoms with van der Waals surface area (Å²) < 4.78 is 0. The molecule has 2 aliphatic rings. The third-order valence-corrected chi connectivity index (χ3v) is 4.94. The second-order valence-corrected chi connectivity index (χ2v) is 6.65. The van der Waals surface area contributed by atoms with Crippen LogP contribution in [0.1, 0.15) is 44.1 Å². The van der Waals surface area contributed by atoms with E-state index in [9.17, 15) is 14.4 Å². The van der Waals surface area contributed by atoms with Gasteiger partial charge in [0.1, 0.15) is 0 Å². The van der Waals surface area contributed by atoms with Crippen LogP contribution in [-0.4, -0.2) is 22.9 Å². The van der Waals surface area contributed by atoms with Crippen molar-refractivity contribution in [2.24, 2.45) is 11.8 Å². The predicted molar refractivity (Wildman–Crippen MR) is 89.7 cm³/mol. The number of carboxylic acids is 1. The van der Waals surface area contributed by atoms with Gasteiger partial charge >= 0.3 is 5.97 Å². The van der Waals surface area contributed by atoms with Gasteiger partial charge in [-0.05, 0) is 62.3 Å². The topological polar surface area (TPSA) is 95.5 Å². The van der Waals surface area contributed by atoms with E-state index in [0.29, 0.717) is 32.1 Å². The molecule has 6 heteroatoms. The van der Waals surface area contributed by atoms with E-state index in [1.165, 1.54) is 0 Å². The monoisotopic (exact) mass is 330 g/mol. The van der Waals surface area contributed by atoms with Gasteiger partial charge in [-0.2, -0.15) is 0 Å². The Labute approximate surface area is 140 Å². The molecule has 24 heavy (non-hydrogen) atoms. The standard InChI is InChI=1S/C18H22N2O4/c21-16-3-1-2-13-10-14(8-9-15(13)20-16)19-17(22)11-4-6-12(7-5-11)18(23)24/h8-12H,1-7H2,(H,19,22)(H,20,21)(H,23,24). The molecule has 0 spiro atoms. The molecule has 0 radical (unpaired) electrons. The fourth-order valence-corrected chi connectivity index (χ4v) is 3.50. The predicted octanol–water partition coefficient (Wildman–Crippen LogP) is 2.79. The SMILES string of the molecule is O=C1CCCc2cc(NC(=O)C3CCC(C(=O)O)CC3)ccc2N1. The number of aryl methyl sites for hydroxylation is 1. The van der Waals surface area contributed by atoms with E-state index in [4.69, 9.17) is 5.11 Å². The van der Waals surface area contributed by atoms with Crippen LogP contribution in [0.4, 0.5) is 11.4 Å². The van der Waals surface area contributed by atoms with E-state index < -0.39 is 5.97 Å². The minimum absolute atomic E-state index is 0.0284. The number of rotatable bonds is 3. The summed E-state index contributed by atoms with van der Waals surface area (Å²) in [5.74, 6) is -1.22. The molecule has 0 atom stereocenters. The molecule has 2 amide bonds. The number of aliphatic carboxylic acids is 1. The van der Waals surface area contributed by atoms with Gasteiger partial charge < -0.3 is 15.7 Å². The largest absolute Gasteiger partial charge is 0.481 e. The summed E-state index contributed by atoms with van der Waals surface area (Å²) in [7, 11) is 0. The van der Waals surface area contributed by atoms with Gasteiger partial charge in [0.2, 0.25) is 11.8 Å². The van der Waals surface area contributed by atoms with Crippen LogP contribution in [0.2, 0.25) is 0 Å². The molecule has 1 aliphatic carbocycles. The Kier molecular flexibility index (Phi) is 4.83. The molecular formula is C18H22N2O4. The average Bonchev–Trinajstić information content (AvgIpc) is 2.75. The van der Waals surface area contributed by atoms with E-state index in [1.54, 1.807) is 6.07 Å². The van der Waals surface area contributed by atoms with Crippen molar-refractivity contribution in [3.05, 3.63) is 23.8 Å². The number of carboxylic acid groups (broad SMARTS) is 1. The number of hydrogen-bond acceptors (Lipinski definition) is 3. The van der Waals surface area contributed by atoms with Gasteiger partial charge in [-0.15, -0.1) is 0 Å². The first kappa shape index (κ1) is 16.5. The summed E-state index contributed by atoms with van der Waals surface area (Å²) in [6.07, 6.45) is 4.47. The Morgan fingerprint density at radius 1 is 1.08 bits per heavy atom. The minimum atomic E-state index is -0.762. The van der Waals surface area contributed by atoms with Crippen LogP contribution in [0, 0.1) is 11.8 Å². The molecule has 3 rings (SSSR count). The Morgan fingerprint density at radius 3 is 2.50 bits per heavy atom. The smallest absolute Gasteiger partial charge is 0.306 e. The molecule has 1 aromatic carbocycles. The molecule has 1 heterocycles. The van der Waals surface area contributed by atoms with Crippen molar-refractivity contribution in [2.45, 2.75) is 44.9 Å². The number of nitrogens with one attached hydrogen (secondary N) is 2. The van der Waals surface area contributed by atoms with Crippen molar-refractivity contribution in [3.8, 4) is 0 Å². The number of carbonyl (C=O) groups is 3. The highest BCUT2D eigenvalue weighted by Gasteiger charge is 2.29. The number of hydrogen-bond donors (Lipinski definition) is 3. The zero-order chi connectivity index (χ0) is 17.1. The second kappa shape index (κ2) is 7.03. The summed E-state index contributed by atoms with van der Waals surface area (Å²) in [6, 6.07) is 5.54. The van der Waals surface area contributed by atoms with Crippen molar-refractivity contribution >= 4 is 29.2 Å². The van der Waals surface area contributed by atoms with Crippen molar-refractivity contribution in [1.82, 2.24) is 0 Å². The lowest BCUT2D eigenvalue weighted by molar-refractivity contribution is -0.143. The lowest BCUT2D eigenvalue weighted by Gasteiger charge is -2.25. The Hall–Kier alpha value is -2.37. The van der Waals surface area contributed by atoms with E-state index in [-0.39, 0.29) is 23.7 Å². The van der Waals surface area contributed by atoms with Gasteiger partial charge in [0, 0.05) is 23.7 Å². The molecule has 0 unspecified atom stereocenters. The van der Waals surface area contributed by atoms with E-state index in [2.05, 4.69) is 10.6 Å². The van der Waals surface area contributed by atoms with Crippen molar-refractivity contribution in [2.75, 3.05) is 10.6 Å². The highest BCUT2D eigenvalue weighted by molar-refractivity contribution is 5.95. The summed E-state index contributed by atoms with van der Waals surface area (Å²) in [4.78, 5) is 34.9. The second-order valence-electron chi connectivity index (χ2n) is 6.65. The fourth-order valence-electron chi connectivity index (χ4n) is 3.50. The van der Waals surface area contributed by atoms with E-state index in [0.717, 1.165) is 29.8 Å². The van der Waals surface area contributed by atoms with E-state index in [1.807, 2.05) is 12.1 Å². The first-order chi connectivity index (χ1) is 11.5. The summed E-state index contributed by atoms with van der Waals surface area (Å²) in [6.45, 7) is 0. The van der Waals surface area contributed by atoms with Gasteiger partial charge in [-0.3, -0.25) is 14.4 Å². The summed E-state index contributed by atoms with van der Waals surface area (Å²) >= 11 is 0. The van der Waals surface area contributed by atoms with Crippen LogP contribution in [0.25, 0.3) is 0 Å². The van der Waals surface area contributed by atoms with Crippen molar-refractivity contribution in [3.63, 3.8) is 0 Å². The van der Waals surface area contributed by atoms with Crippen LogP contribution in [0.15, 0.2) is 18.2 Å². The molecule has 3 N–H and O–H groups in total. The van der Waals surface area contributed by atoms with Gasteiger partial charge in [0.15, 0.2) is 0 Å². The molecule has 0 bridgehead atoms. The molecule has 1 saturated carbocycles. The van der Waals surface area contributed by atoms with Crippen LogP contribution >= 0.6 is 0 Å². The maximum atomic E-state index is 12.4. The fraction of sp³-hybridized carbons (Fsp3) is 0.500. The summed E-state index contributed by atoms with van der Waals surface area (Å²) in [5, 5.41) is 14.8. The minimum Gasteiger partial charge on any atom is -0.481 e. The number of benzene rings is 1. The molecule has 1 fully saturated rings. The Bertz CT molecular complexity index is 663. The highest BCUT2D eigenvalue weighted by atomic mass is 16.4. The van der Waals surface area contributed by atoms with Gasteiger partial charge in [-0.1, -0.05) is 0 Å².